The summed E-state index contributed by atoms with van der Waals surface area (Å²) in [5, 5.41) is 0. The fourth-order valence-electron chi connectivity index (χ4n) is 2.02. The summed E-state index contributed by atoms with van der Waals surface area (Å²) in [5.74, 6) is 0. The minimum absolute atomic E-state index is 1.39. The fourth-order valence-corrected chi connectivity index (χ4v) is 29.8. The molecule has 7 nitrogen and oxygen atoms in total. The first-order valence-electron chi connectivity index (χ1n) is 6.49. The van der Waals surface area contributed by atoms with Gasteiger partial charge in [-0.1, -0.05) is 5.70 Å². The zero-order valence-electron chi connectivity index (χ0n) is 13.9. The lowest BCUT2D eigenvalue weighted by Crippen LogP contribution is -2.76. The van der Waals surface area contributed by atoms with E-state index in [4.69, 9.17) is 21.5 Å². The normalized spacial score (nSPS) is 17.2. The van der Waals surface area contributed by atoms with Gasteiger partial charge in [0.2, 0.25) is 9.28 Å². The molecule has 0 radical (unpaired) electrons. The largest absolute Gasteiger partial charge is 0.535 e. The van der Waals surface area contributed by atoms with Crippen molar-refractivity contribution >= 4 is 42.1 Å². The Morgan fingerprint density at radius 1 is 0.952 bits per heavy atom. The molecule has 0 rings (SSSR count). The zero-order chi connectivity index (χ0) is 16.9. The van der Waals surface area contributed by atoms with Crippen LogP contribution < -0.4 is 0 Å². The van der Waals surface area contributed by atoms with Crippen molar-refractivity contribution in [3.05, 3.63) is 12.3 Å². The Morgan fingerprint density at radius 2 is 1.38 bits per heavy atom. The van der Waals surface area contributed by atoms with Gasteiger partial charge in [0.05, 0.1) is 0 Å². The second-order valence-corrected chi connectivity index (χ2v) is 27.9. The van der Waals surface area contributed by atoms with Gasteiger partial charge in [0.1, 0.15) is 0 Å². The maximum Gasteiger partial charge on any atom is 0.535 e. The quantitative estimate of drug-likeness (QED) is 0.493. The Balaban J connectivity index is 5.41. The van der Waals surface area contributed by atoms with Crippen LogP contribution in [0, 0.1) is 0 Å². The van der Waals surface area contributed by atoms with Crippen molar-refractivity contribution in [3.8, 4) is 0 Å². The lowest BCUT2D eigenvalue weighted by molar-refractivity contribution is 0.130. The number of hydrogen-bond acceptors (Lipinski definition) is 7. The highest BCUT2D eigenvalue weighted by Crippen LogP contribution is 2.25. The van der Waals surface area contributed by atoms with Gasteiger partial charge < -0.3 is 31.1 Å². The lowest BCUT2D eigenvalue weighted by Gasteiger charge is -2.41. The molecule has 0 spiro atoms. The van der Waals surface area contributed by atoms with Crippen LogP contribution in [-0.2, 0) is 21.5 Å². The van der Waals surface area contributed by atoms with E-state index in [9.17, 15) is 9.59 Å². The third-order valence-electron chi connectivity index (χ3n) is 2.91. The average molecular weight is 389 g/mol. The molecule has 0 aromatic rings. The van der Waals surface area contributed by atoms with Crippen molar-refractivity contribution < 1.29 is 31.1 Å². The van der Waals surface area contributed by atoms with Crippen LogP contribution in [0.25, 0.3) is 0 Å². The zero-order valence-corrected chi connectivity index (χ0v) is 19.3. The van der Waals surface area contributed by atoms with E-state index in [1.54, 1.807) is 5.70 Å². The molecule has 0 amide bonds. The monoisotopic (exact) mass is 388 g/mol. The van der Waals surface area contributed by atoms with Gasteiger partial charge in [0, 0.05) is 21.3 Å². The van der Waals surface area contributed by atoms with Crippen molar-refractivity contribution in [1.29, 1.82) is 0 Å². The predicted molar refractivity (Wildman–Crippen MR) is 92.8 cm³/mol. The van der Waals surface area contributed by atoms with Gasteiger partial charge in [0.15, 0.2) is 8.32 Å². The third kappa shape index (κ3) is 5.29. The first-order valence-corrected chi connectivity index (χ1v) is 19.8. The van der Waals surface area contributed by atoms with E-state index < -0.39 is 42.1 Å². The van der Waals surface area contributed by atoms with E-state index in [1.807, 2.05) is 26.2 Å². The van der Waals surface area contributed by atoms with Crippen LogP contribution in [0.15, 0.2) is 12.3 Å². The Morgan fingerprint density at radius 3 is 1.67 bits per heavy atom. The number of hydrogen-bond donors (Lipinski definition) is 2. The Labute approximate surface area is 133 Å². The van der Waals surface area contributed by atoms with E-state index in [-0.39, 0.29) is 0 Å². The highest BCUT2D eigenvalue weighted by Gasteiger charge is 2.67. The fraction of sp³-hybridized carbons (Fsp3) is 0.778. The van der Waals surface area contributed by atoms with E-state index in [1.165, 1.54) is 21.3 Å². The van der Waals surface area contributed by atoms with Crippen molar-refractivity contribution in [2.75, 3.05) is 21.3 Å². The molecule has 0 aliphatic rings. The van der Waals surface area contributed by atoms with Gasteiger partial charge in [0.25, 0.3) is 0 Å². The summed E-state index contributed by atoms with van der Waals surface area (Å²) in [5.41, 5.74) is 1.80. The predicted octanol–water partition coefficient (Wildman–Crippen LogP) is -0.385. The van der Waals surface area contributed by atoms with Crippen molar-refractivity contribution in [2.45, 2.75) is 26.2 Å². The second kappa shape index (κ2) is 7.89. The molecule has 1 atom stereocenters. The Bertz CT molecular complexity index is 341. The van der Waals surface area contributed by atoms with Crippen molar-refractivity contribution in [2.24, 2.45) is 0 Å². The Kier molecular flexibility index (Phi) is 8.09. The standard InChI is InChI=1S/C9H28O7Si5/c1-9-18(5,6)15-19(7,8)16-20(11,17-10)21(12-2,13-3)14-4/h9-11H,1,17H2,2-8H3. The minimum Gasteiger partial charge on any atom is -0.436 e. The summed E-state index contributed by atoms with van der Waals surface area (Å²) in [4.78, 5) is 20.7. The van der Waals surface area contributed by atoms with E-state index in [0.717, 1.165) is 0 Å². The van der Waals surface area contributed by atoms with E-state index in [2.05, 4.69) is 6.58 Å². The second-order valence-electron chi connectivity index (χ2n) is 5.52. The minimum atomic E-state index is -3.66. The van der Waals surface area contributed by atoms with Gasteiger partial charge in [-0.2, -0.15) is 0 Å². The third-order valence-corrected chi connectivity index (χ3v) is 27.8. The highest BCUT2D eigenvalue weighted by atomic mass is 29.7. The van der Waals surface area contributed by atoms with Crippen LogP contribution in [0.4, 0.5) is 0 Å². The van der Waals surface area contributed by atoms with Crippen LogP contribution in [0.2, 0.25) is 26.2 Å². The lowest BCUT2D eigenvalue weighted by atomic mass is 11.3. The molecule has 0 saturated heterocycles. The summed E-state index contributed by atoms with van der Waals surface area (Å²) in [6, 6.07) is 0. The van der Waals surface area contributed by atoms with Crippen LogP contribution in [-0.4, -0.2) is 73.0 Å². The van der Waals surface area contributed by atoms with E-state index in [0.29, 0.717) is 0 Å². The topological polar surface area (TPSA) is 86.6 Å². The van der Waals surface area contributed by atoms with Gasteiger partial charge in [-0.15, -0.1) is 6.58 Å². The highest BCUT2D eigenvalue weighted by molar-refractivity contribution is 7.50. The molecule has 0 aliphatic carbocycles. The molecule has 0 aliphatic heterocycles. The molecule has 0 aromatic carbocycles. The average Bonchev–Trinajstić information content (AvgIpc) is 2.39. The van der Waals surface area contributed by atoms with Gasteiger partial charge in [-0.3, -0.25) is 0 Å². The van der Waals surface area contributed by atoms with Crippen molar-refractivity contribution in [3.63, 3.8) is 0 Å². The first kappa shape index (κ1) is 21.5. The van der Waals surface area contributed by atoms with Crippen molar-refractivity contribution in [1.82, 2.24) is 0 Å². The molecule has 0 heterocycles. The molecule has 2 N–H and O–H groups in total. The molecule has 0 fully saturated rings. The van der Waals surface area contributed by atoms with Crippen LogP contribution in [0.5, 0.6) is 0 Å². The Hall–Kier alpha value is 0.544. The summed E-state index contributed by atoms with van der Waals surface area (Å²) in [6.07, 6.45) is 0. The van der Waals surface area contributed by atoms with Crippen LogP contribution in [0.1, 0.15) is 0 Å². The molecule has 0 bridgehead atoms. The maximum atomic E-state index is 10.9. The van der Waals surface area contributed by atoms with Gasteiger partial charge >= 0.3 is 24.5 Å². The number of rotatable bonds is 10. The molecule has 12 heteroatoms. The SMILES string of the molecule is C=C[Si](C)(C)O[Si](C)(C)O[Si](O)([SiH2]O)[Si](OC)(OC)OC. The summed E-state index contributed by atoms with van der Waals surface area (Å²) >= 11 is 0. The smallest absolute Gasteiger partial charge is 0.436 e. The molecule has 126 valence electrons. The molecular weight excluding hydrogens is 361 g/mol. The first-order chi connectivity index (χ1) is 9.47. The molecule has 0 aromatic heterocycles. The molecule has 0 saturated carbocycles. The van der Waals surface area contributed by atoms with Crippen LogP contribution in [0.3, 0.4) is 0 Å². The van der Waals surface area contributed by atoms with E-state index >= 15 is 0 Å². The van der Waals surface area contributed by atoms with Gasteiger partial charge in [-0.25, -0.2) is 0 Å². The molecule has 1 unspecified atom stereocenters. The molecule has 21 heavy (non-hydrogen) atoms. The molecular formula is C9H28O7Si5. The van der Waals surface area contributed by atoms with Crippen LogP contribution >= 0.6 is 0 Å². The summed E-state index contributed by atoms with van der Waals surface area (Å²) < 4.78 is 28.0. The van der Waals surface area contributed by atoms with Gasteiger partial charge in [-0.05, 0) is 26.2 Å². The summed E-state index contributed by atoms with van der Waals surface area (Å²) in [7, 11) is -9.64. The summed E-state index contributed by atoms with van der Waals surface area (Å²) in [6.45, 7) is 11.4. The maximum absolute atomic E-state index is 10.9.